The van der Waals surface area contributed by atoms with E-state index in [2.05, 4.69) is 29.3 Å². The number of carboxylic acid groups (broad SMARTS) is 1. The van der Waals surface area contributed by atoms with Gasteiger partial charge in [0.15, 0.2) is 0 Å². The van der Waals surface area contributed by atoms with E-state index >= 15 is 0 Å². The molecule has 4 nitrogen and oxygen atoms in total. The molecule has 2 atom stereocenters. The molecule has 4 heteroatoms. The van der Waals surface area contributed by atoms with Gasteiger partial charge >= 0.3 is 5.97 Å². The number of hydrogen-bond acceptors (Lipinski definition) is 3. The highest BCUT2D eigenvalue weighted by atomic mass is 16.4. The van der Waals surface area contributed by atoms with Crippen LogP contribution in [0.25, 0.3) is 0 Å². The Morgan fingerprint density at radius 2 is 2.17 bits per heavy atom. The summed E-state index contributed by atoms with van der Waals surface area (Å²) in [4.78, 5) is 13.2. The van der Waals surface area contributed by atoms with Gasteiger partial charge in [-0.15, -0.1) is 0 Å². The molecule has 1 heterocycles. The summed E-state index contributed by atoms with van der Waals surface area (Å²) in [5, 5.41) is 12.4. The number of rotatable bonds is 4. The number of piperazine rings is 1. The zero-order chi connectivity index (χ0) is 13.0. The summed E-state index contributed by atoms with van der Waals surface area (Å²) in [5.74, 6) is -0.728. The van der Waals surface area contributed by atoms with Crippen molar-refractivity contribution < 1.29 is 9.90 Å². The largest absolute Gasteiger partial charge is 0.481 e. The first-order valence-corrected chi connectivity index (χ1v) is 6.40. The second-order valence-corrected chi connectivity index (χ2v) is 4.86. The lowest BCUT2D eigenvalue weighted by atomic mass is 10.0. The van der Waals surface area contributed by atoms with Gasteiger partial charge < -0.3 is 10.4 Å². The van der Waals surface area contributed by atoms with E-state index in [0.29, 0.717) is 0 Å². The Kier molecular flexibility index (Phi) is 4.33. The van der Waals surface area contributed by atoms with Crippen LogP contribution in [-0.2, 0) is 11.3 Å². The molecule has 1 saturated heterocycles. The molecular weight excluding hydrogens is 228 g/mol. The van der Waals surface area contributed by atoms with Gasteiger partial charge in [-0.3, -0.25) is 9.69 Å². The first-order valence-electron chi connectivity index (χ1n) is 6.40. The minimum Gasteiger partial charge on any atom is -0.481 e. The fourth-order valence-corrected chi connectivity index (χ4v) is 2.55. The van der Waals surface area contributed by atoms with E-state index in [-0.39, 0.29) is 18.5 Å². The van der Waals surface area contributed by atoms with Crippen molar-refractivity contribution in [2.24, 2.45) is 0 Å². The van der Waals surface area contributed by atoms with Crippen molar-refractivity contribution in [2.45, 2.75) is 32.0 Å². The Morgan fingerprint density at radius 1 is 1.44 bits per heavy atom. The minimum absolute atomic E-state index is 0.0662. The van der Waals surface area contributed by atoms with Gasteiger partial charge in [0.2, 0.25) is 0 Å². The molecule has 0 aliphatic carbocycles. The topological polar surface area (TPSA) is 52.6 Å². The quantitative estimate of drug-likeness (QED) is 0.844. The number of benzene rings is 1. The van der Waals surface area contributed by atoms with Crippen LogP contribution >= 0.6 is 0 Å². The molecule has 1 aromatic carbocycles. The Hall–Kier alpha value is -1.39. The second kappa shape index (κ2) is 5.98. The lowest BCUT2D eigenvalue weighted by Gasteiger charge is -2.40. The van der Waals surface area contributed by atoms with Crippen molar-refractivity contribution in [3.05, 3.63) is 35.9 Å². The summed E-state index contributed by atoms with van der Waals surface area (Å²) in [6.45, 7) is 4.71. The van der Waals surface area contributed by atoms with Crippen molar-refractivity contribution in [1.82, 2.24) is 10.2 Å². The van der Waals surface area contributed by atoms with Gasteiger partial charge in [-0.05, 0) is 12.5 Å². The summed E-state index contributed by atoms with van der Waals surface area (Å²) in [6.07, 6.45) is 0.195. The molecule has 0 aromatic heterocycles. The molecule has 1 aliphatic heterocycles. The monoisotopic (exact) mass is 248 g/mol. The van der Waals surface area contributed by atoms with E-state index in [1.165, 1.54) is 5.56 Å². The first kappa shape index (κ1) is 13.1. The number of carbonyl (C=O) groups is 1. The fourth-order valence-electron chi connectivity index (χ4n) is 2.55. The fraction of sp³-hybridized carbons (Fsp3) is 0.500. The van der Waals surface area contributed by atoms with Crippen molar-refractivity contribution >= 4 is 5.97 Å². The van der Waals surface area contributed by atoms with E-state index in [4.69, 9.17) is 5.11 Å². The molecule has 1 aromatic rings. The molecular formula is C14H20N2O2. The van der Waals surface area contributed by atoms with Crippen LogP contribution in [0.4, 0.5) is 0 Å². The lowest BCUT2D eigenvalue weighted by Crippen LogP contribution is -2.56. The smallest absolute Gasteiger partial charge is 0.304 e. The zero-order valence-corrected chi connectivity index (χ0v) is 10.7. The molecule has 2 N–H and O–H groups in total. The Balaban J connectivity index is 2.06. The summed E-state index contributed by atoms with van der Waals surface area (Å²) in [7, 11) is 0. The van der Waals surface area contributed by atoms with E-state index in [0.717, 1.165) is 19.6 Å². The second-order valence-electron chi connectivity index (χ2n) is 4.86. The van der Waals surface area contributed by atoms with Gasteiger partial charge in [0.05, 0.1) is 6.42 Å². The van der Waals surface area contributed by atoms with Gasteiger partial charge in [-0.1, -0.05) is 30.3 Å². The average molecular weight is 248 g/mol. The number of aliphatic carboxylic acids is 1. The van der Waals surface area contributed by atoms with Crippen molar-refractivity contribution in [3.63, 3.8) is 0 Å². The van der Waals surface area contributed by atoms with Gasteiger partial charge in [0.25, 0.3) is 0 Å². The van der Waals surface area contributed by atoms with E-state index in [1.54, 1.807) is 0 Å². The summed E-state index contributed by atoms with van der Waals surface area (Å²) in [5.41, 5.74) is 1.24. The third-order valence-corrected chi connectivity index (χ3v) is 3.52. The third kappa shape index (κ3) is 3.31. The maximum Gasteiger partial charge on any atom is 0.304 e. The standard InChI is InChI=1S/C14H20N2O2/c1-11-13(9-14(17)18)16(8-7-15-11)10-12-5-3-2-4-6-12/h2-6,11,13,15H,7-10H2,1H3,(H,17,18)/t11-,13+/m1/s1. The molecule has 98 valence electrons. The molecule has 0 saturated carbocycles. The third-order valence-electron chi connectivity index (χ3n) is 3.52. The van der Waals surface area contributed by atoms with Crippen molar-refractivity contribution in [1.29, 1.82) is 0 Å². The molecule has 1 aliphatic rings. The molecule has 0 radical (unpaired) electrons. The van der Waals surface area contributed by atoms with Crippen LogP contribution in [0.15, 0.2) is 30.3 Å². The van der Waals surface area contributed by atoms with Gasteiger partial charge in [-0.2, -0.15) is 0 Å². The van der Waals surface area contributed by atoms with Crippen LogP contribution in [0.3, 0.4) is 0 Å². The predicted octanol–water partition coefficient (Wildman–Crippen LogP) is 1.32. The molecule has 1 fully saturated rings. The highest BCUT2D eigenvalue weighted by molar-refractivity contribution is 5.67. The number of nitrogens with zero attached hydrogens (tertiary/aromatic N) is 1. The van der Waals surface area contributed by atoms with Crippen LogP contribution in [-0.4, -0.2) is 41.1 Å². The highest BCUT2D eigenvalue weighted by Crippen LogP contribution is 2.16. The van der Waals surface area contributed by atoms with Crippen molar-refractivity contribution in [3.8, 4) is 0 Å². The van der Waals surface area contributed by atoms with Gasteiger partial charge in [0, 0.05) is 31.7 Å². The van der Waals surface area contributed by atoms with Crippen LogP contribution in [0, 0.1) is 0 Å². The maximum absolute atomic E-state index is 11.0. The van der Waals surface area contributed by atoms with Crippen molar-refractivity contribution in [2.75, 3.05) is 13.1 Å². The molecule has 0 bridgehead atoms. The Bertz CT molecular complexity index is 394. The Morgan fingerprint density at radius 3 is 2.83 bits per heavy atom. The van der Waals surface area contributed by atoms with E-state index in [9.17, 15) is 4.79 Å². The molecule has 18 heavy (non-hydrogen) atoms. The molecule has 0 amide bonds. The summed E-state index contributed by atoms with van der Waals surface area (Å²) in [6, 6.07) is 10.5. The van der Waals surface area contributed by atoms with Crippen LogP contribution in [0.5, 0.6) is 0 Å². The first-order chi connectivity index (χ1) is 8.66. The maximum atomic E-state index is 11.0. The predicted molar refractivity (Wildman–Crippen MR) is 70.4 cm³/mol. The van der Waals surface area contributed by atoms with Gasteiger partial charge in [0.1, 0.15) is 0 Å². The Labute approximate surface area is 108 Å². The number of hydrogen-bond donors (Lipinski definition) is 2. The van der Waals surface area contributed by atoms with Crippen LogP contribution < -0.4 is 5.32 Å². The van der Waals surface area contributed by atoms with E-state index < -0.39 is 5.97 Å². The highest BCUT2D eigenvalue weighted by Gasteiger charge is 2.29. The van der Waals surface area contributed by atoms with Gasteiger partial charge in [-0.25, -0.2) is 0 Å². The van der Waals surface area contributed by atoms with Crippen LogP contribution in [0.1, 0.15) is 18.9 Å². The van der Waals surface area contributed by atoms with E-state index in [1.807, 2.05) is 18.2 Å². The molecule has 0 spiro atoms. The average Bonchev–Trinajstić information content (AvgIpc) is 2.34. The molecule has 0 unspecified atom stereocenters. The normalized spacial score (nSPS) is 24.9. The molecule has 2 rings (SSSR count). The number of nitrogens with one attached hydrogen (secondary N) is 1. The lowest BCUT2D eigenvalue weighted by molar-refractivity contribution is -0.139. The zero-order valence-electron chi connectivity index (χ0n) is 10.7. The SMILES string of the molecule is C[C@H]1NCCN(Cc2ccccc2)[C@H]1CC(=O)O. The van der Waals surface area contributed by atoms with Crippen LogP contribution in [0.2, 0.25) is 0 Å². The summed E-state index contributed by atoms with van der Waals surface area (Å²) < 4.78 is 0. The summed E-state index contributed by atoms with van der Waals surface area (Å²) >= 11 is 0. The number of carboxylic acids is 1. The minimum atomic E-state index is -0.728.